The summed E-state index contributed by atoms with van der Waals surface area (Å²) in [5, 5.41) is 14.7. The molecule has 0 aliphatic rings. The summed E-state index contributed by atoms with van der Waals surface area (Å²) in [6.45, 7) is 5.03. The van der Waals surface area contributed by atoms with Gasteiger partial charge in [-0.3, -0.25) is 9.59 Å². The Morgan fingerprint density at radius 2 is 1.85 bits per heavy atom. The van der Waals surface area contributed by atoms with E-state index in [2.05, 4.69) is 27.4 Å². The number of allylic oxidation sites excluding steroid dienone is 1. The van der Waals surface area contributed by atoms with Crippen molar-refractivity contribution in [1.82, 2.24) is 25.4 Å². The SMILES string of the molecule is C=CCn1c(CNC(=O)c2ccc(OC)cc2)nnc1SCC(=O)NCCc1ccccc1. The van der Waals surface area contributed by atoms with Crippen molar-refractivity contribution in [2.75, 3.05) is 19.4 Å². The lowest BCUT2D eigenvalue weighted by molar-refractivity contribution is -0.118. The van der Waals surface area contributed by atoms with Crippen LogP contribution in [0.2, 0.25) is 0 Å². The zero-order valence-electron chi connectivity index (χ0n) is 18.5. The number of benzene rings is 2. The fourth-order valence-electron chi connectivity index (χ4n) is 3.04. The normalized spacial score (nSPS) is 10.5. The van der Waals surface area contributed by atoms with Crippen molar-refractivity contribution >= 4 is 23.6 Å². The van der Waals surface area contributed by atoms with Crippen LogP contribution in [0.25, 0.3) is 0 Å². The Bertz CT molecular complexity index is 1070. The predicted molar refractivity (Wildman–Crippen MR) is 128 cm³/mol. The number of ether oxygens (including phenoxy) is 1. The van der Waals surface area contributed by atoms with Crippen LogP contribution >= 0.6 is 11.8 Å². The Kier molecular flexibility index (Phi) is 9.08. The number of methoxy groups -OCH3 is 1. The first kappa shape index (κ1) is 24.1. The molecule has 3 aromatic rings. The van der Waals surface area contributed by atoms with Gasteiger partial charge >= 0.3 is 0 Å². The molecule has 0 atom stereocenters. The minimum atomic E-state index is -0.224. The molecule has 3 rings (SSSR count). The van der Waals surface area contributed by atoms with Crippen LogP contribution in [0.3, 0.4) is 0 Å². The summed E-state index contributed by atoms with van der Waals surface area (Å²) in [7, 11) is 1.57. The first-order valence-corrected chi connectivity index (χ1v) is 11.5. The molecule has 0 saturated carbocycles. The van der Waals surface area contributed by atoms with E-state index in [-0.39, 0.29) is 24.1 Å². The third-order valence-electron chi connectivity index (χ3n) is 4.78. The average molecular weight is 466 g/mol. The van der Waals surface area contributed by atoms with Gasteiger partial charge in [0.25, 0.3) is 5.91 Å². The Hall–Kier alpha value is -3.59. The molecule has 2 amide bonds. The number of thioether (sulfide) groups is 1. The highest BCUT2D eigenvalue weighted by atomic mass is 32.2. The second kappa shape index (κ2) is 12.4. The molecule has 0 radical (unpaired) electrons. The van der Waals surface area contributed by atoms with Gasteiger partial charge in [-0.25, -0.2) is 0 Å². The van der Waals surface area contributed by atoms with E-state index in [1.54, 1.807) is 37.5 Å². The highest BCUT2D eigenvalue weighted by molar-refractivity contribution is 7.99. The summed E-state index contributed by atoms with van der Waals surface area (Å²) >= 11 is 1.30. The first-order valence-electron chi connectivity index (χ1n) is 10.5. The maximum Gasteiger partial charge on any atom is 0.251 e. The van der Waals surface area contributed by atoms with Gasteiger partial charge in [-0.2, -0.15) is 0 Å². The van der Waals surface area contributed by atoms with Gasteiger partial charge in [0.15, 0.2) is 11.0 Å². The predicted octanol–water partition coefficient (Wildman–Crippen LogP) is 2.85. The molecule has 9 heteroatoms. The van der Waals surface area contributed by atoms with Crippen LogP contribution in [0.15, 0.2) is 72.4 Å². The lowest BCUT2D eigenvalue weighted by Crippen LogP contribution is -2.27. The van der Waals surface area contributed by atoms with Crippen molar-refractivity contribution in [3.8, 4) is 5.75 Å². The molecule has 33 heavy (non-hydrogen) atoms. The summed E-state index contributed by atoms with van der Waals surface area (Å²) in [4.78, 5) is 24.6. The molecule has 0 fully saturated rings. The van der Waals surface area contributed by atoms with Gasteiger partial charge in [-0.05, 0) is 36.2 Å². The van der Waals surface area contributed by atoms with Gasteiger partial charge < -0.3 is 19.9 Å². The fourth-order valence-corrected chi connectivity index (χ4v) is 3.84. The van der Waals surface area contributed by atoms with Gasteiger partial charge in [0.05, 0.1) is 19.4 Å². The van der Waals surface area contributed by atoms with Crippen LogP contribution in [-0.4, -0.2) is 46.0 Å². The van der Waals surface area contributed by atoms with Crippen LogP contribution in [0.4, 0.5) is 0 Å². The van der Waals surface area contributed by atoms with Crippen LogP contribution in [0, 0.1) is 0 Å². The van der Waals surface area contributed by atoms with Crippen LogP contribution in [-0.2, 0) is 24.3 Å². The molecule has 2 aromatic carbocycles. The van der Waals surface area contributed by atoms with Crippen LogP contribution in [0.1, 0.15) is 21.7 Å². The summed E-state index contributed by atoms with van der Waals surface area (Å²) in [6.07, 6.45) is 2.50. The number of carbonyl (C=O) groups is 2. The zero-order valence-corrected chi connectivity index (χ0v) is 19.3. The number of hydrogen-bond acceptors (Lipinski definition) is 6. The van der Waals surface area contributed by atoms with E-state index >= 15 is 0 Å². The maximum atomic E-state index is 12.4. The molecule has 0 bridgehead atoms. The van der Waals surface area contributed by atoms with Crippen molar-refractivity contribution in [2.24, 2.45) is 0 Å². The monoisotopic (exact) mass is 465 g/mol. The highest BCUT2D eigenvalue weighted by Gasteiger charge is 2.15. The van der Waals surface area contributed by atoms with E-state index in [0.29, 0.717) is 35.4 Å². The molecule has 8 nitrogen and oxygen atoms in total. The second-order valence-corrected chi connectivity index (χ2v) is 8.03. The maximum absolute atomic E-state index is 12.4. The standard InChI is InChI=1S/C24H27N5O3S/c1-3-15-29-21(16-26-23(31)19-9-11-20(32-2)12-10-19)27-28-24(29)33-17-22(30)25-14-13-18-7-5-4-6-8-18/h3-12H,1,13-17H2,2H3,(H,25,30)(H,26,31). The van der Waals surface area contributed by atoms with Crippen molar-refractivity contribution in [1.29, 1.82) is 0 Å². The van der Waals surface area contributed by atoms with Gasteiger partial charge in [0.1, 0.15) is 5.75 Å². The van der Waals surface area contributed by atoms with E-state index < -0.39 is 0 Å². The van der Waals surface area contributed by atoms with Gasteiger partial charge in [-0.1, -0.05) is 48.2 Å². The number of nitrogens with one attached hydrogen (secondary N) is 2. The van der Waals surface area contributed by atoms with Crippen LogP contribution < -0.4 is 15.4 Å². The molecular formula is C24H27N5O3S. The molecule has 1 heterocycles. The molecule has 2 N–H and O–H groups in total. The van der Waals surface area contributed by atoms with E-state index in [9.17, 15) is 9.59 Å². The lowest BCUT2D eigenvalue weighted by Gasteiger charge is -2.09. The van der Waals surface area contributed by atoms with Gasteiger partial charge in [0.2, 0.25) is 5.91 Å². The molecular weight excluding hydrogens is 438 g/mol. The minimum Gasteiger partial charge on any atom is -0.497 e. The Balaban J connectivity index is 1.51. The zero-order chi connectivity index (χ0) is 23.5. The first-order chi connectivity index (χ1) is 16.1. The number of rotatable bonds is 12. The largest absolute Gasteiger partial charge is 0.497 e. The third kappa shape index (κ3) is 7.21. The quantitative estimate of drug-likeness (QED) is 0.315. The van der Waals surface area contributed by atoms with Crippen molar-refractivity contribution in [3.05, 3.63) is 84.2 Å². The van der Waals surface area contributed by atoms with Crippen molar-refractivity contribution in [2.45, 2.75) is 24.7 Å². The summed E-state index contributed by atoms with van der Waals surface area (Å²) in [5.74, 6) is 1.20. The third-order valence-corrected chi connectivity index (χ3v) is 5.74. The lowest BCUT2D eigenvalue weighted by atomic mass is 10.1. The molecule has 0 saturated heterocycles. The number of amides is 2. The summed E-state index contributed by atoms with van der Waals surface area (Å²) in [6, 6.07) is 16.9. The molecule has 172 valence electrons. The molecule has 0 unspecified atom stereocenters. The molecule has 1 aromatic heterocycles. The smallest absolute Gasteiger partial charge is 0.251 e. The van der Waals surface area contributed by atoms with Gasteiger partial charge in [-0.15, -0.1) is 16.8 Å². The van der Waals surface area contributed by atoms with Crippen molar-refractivity contribution < 1.29 is 14.3 Å². The second-order valence-electron chi connectivity index (χ2n) is 7.08. The molecule has 0 aliphatic heterocycles. The van der Waals surface area contributed by atoms with E-state index in [0.717, 1.165) is 6.42 Å². The van der Waals surface area contributed by atoms with E-state index in [1.165, 1.54) is 17.3 Å². The number of hydrogen-bond donors (Lipinski definition) is 2. The summed E-state index contributed by atoms with van der Waals surface area (Å²) < 4.78 is 6.95. The average Bonchev–Trinajstić information content (AvgIpc) is 3.23. The Morgan fingerprint density at radius 3 is 2.55 bits per heavy atom. The minimum absolute atomic E-state index is 0.0709. The summed E-state index contributed by atoms with van der Waals surface area (Å²) in [5.41, 5.74) is 1.70. The van der Waals surface area contributed by atoms with E-state index in [1.807, 2.05) is 34.9 Å². The Morgan fingerprint density at radius 1 is 1.09 bits per heavy atom. The highest BCUT2D eigenvalue weighted by Crippen LogP contribution is 2.17. The number of nitrogens with zero attached hydrogens (tertiary/aromatic N) is 3. The van der Waals surface area contributed by atoms with Gasteiger partial charge in [0, 0.05) is 18.7 Å². The number of carbonyl (C=O) groups excluding carboxylic acids is 2. The van der Waals surface area contributed by atoms with E-state index in [4.69, 9.17) is 4.74 Å². The Labute approximate surface area is 197 Å². The number of aromatic nitrogens is 3. The fraction of sp³-hybridized carbons (Fsp3) is 0.250. The topological polar surface area (TPSA) is 98.1 Å². The molecule has 0 spiro atoms. The van der Waals surface area contributed by atoms with Crippen LogP contribution in [0.5, 0.6) is 5.75 Å². The van der Waals surface area contributed by atoms with Crippen molar-refractivity contribution in [3.63, 3.8) is 0 Å². The molecule has 0 aliphatic carbocycles.